The lowest BCUT2D eigenvalue weighted by molar-refractivity contribution is -0.136. The predicted molar refractivity (Wildman–Crippen MR) is 96.8 cm³/mol. The van der Waals surface area contributed by atoms with Gasteiger partial charge in [0.15, 0.2) is 0 Å². The molecule has 26 heavy (non-hydrogen) atoms. The third-order valence-corrected chi connectivity index (χ3v) is 5.01. The maximum Gasteiger partial charge on any atom is 0.307 e. The Morgan fingerprint density at radius 3 is 2.27 bits per heavy atom. The summed E-state index contributed by atoms with van der Waals surface area (Å²) in [7, 11) is -0.517. The van der Waals surface area contributed by atoms with Crippen molar-refractivity contribution in [3.8, 4) is 11.5 Å². The van der Waals surface area contributed by atoms with Crippen LogP contribution in [0.25, 0.3) is 0 Å². The van der Waals surface area contributed by atoms with Crippen LogP contribution in [0.2, 0.25) is 0 Å². The number of hydrogen-bond donors (Lipinski definition) is 2. The third-order valence-electron chi connectivity index (χ3n) is 3.71. The molecule has 7 nitrogen and oxygen atoms in total. The first-order valence-electron chi connectivity index (χ1n) is 7.81. The van der Waals surface area contributed by atoms with Crippen molar-refractivity contribution < 1.29 is 27.8 Å². The molecule has 0 spiro atoms. The molecular formula is C18H21NO6S. The summed E-state index contributed by atoms with van der Waals surface area (Å²) in [6.07, 6.45) is -0.0947. The predicted octanol–water partition coefficient (Wildman–Crippen LogP) is 1.95. The Morgan fingerprint density at radius 1 is 1.04 bits per heavy atom. The van der Waals surface area contributed by atoms with Gasteiger partial charge in [-0.2, -0.15) is 0 Å². The van der Waals surface area contributed by atoms with Crippen LogP contribution in [0.1, 0.15) is 16.7 Å². The quantitative estimate of drug-likeness (QED) is 0.690. The van der Waals surface area contributed by atoms with Crippen LogP contribution in [-0.2, 0) is 33.5 Å². The van der Waals surface area contributed by atoms with Gasteiger partial charge in [-0.25, -0.2) is 13.1 Å². The fraction of sp³-hybridized carbons (Fsp3) is 0.278. The van der Waals surface area contributed by atoms with Gasteiger partial charge in [0.1, 0.15) is 11.5 Å². The standard InChI is InChI=1S/C18H21NO6S/c1-24-16-8-7-15(17(10-16)25-2)11-19-26(22,23)12-14-5-3-13(4-6-14)9-18(20)21/h3-8,10,19H,9,11-12H2,1-2H3,(H,20,21). The SMILES string of the molecule is COc1ccc(CNS(=O)(=O)Cc2ccc(CC(=O)O)cc2)c(OC)c1. The van der Waals surface area contributed by atoms with E-state index in [0.29, 0.717) is 28.2 Å². The van der Waals surface area contributed by atoms with E-state index in [0.717, 1.165) is 0 Å². The van der Waals surface area contributed by atoms with Crippen molar-refractivity contribution in [1.82, 2.24) is 4.72 Å². The number of carboxylic acid groups (broad SMARTS) is 1. The number of rotatable bonds is 9. The highest BCUT2D eigenvalue weighted by molar-refractivity contribution is 7.88. The number of hydrogen-bond acceptors (Lipinski definition) is 5. The van der Waals surface area contributed by atoms with Crippen LogP contribution in [0.15, 0.2) is 42.5 Å². The number of nitrogens with one attached hydrogen (secondary N) is 1. The molecule has 0 aliphatic heterocycles. The Morgan fingerprint density at radius 2 is 1.69 bits per heavy atom. The summed E-state index contributed by atoms with van der Waals surface area (Å²) >= 11 is 0. The largest absolute Gasteiger partial charge is 0.497 e. The molecule has 0 heterocycles. The zero-order chi connectivity index (χ0) is 19.2. The van der Waals surface area contributed by atoms with Gasteiger partial charge in [0.2, 0.25) is 10.0 Å². The Labute approximate surface area is 152 Å². The number of aliphatic carboxylic acids is 1. The van der Waals surface area contributed by atoms with Crippen molar-refractivity contribution >= 4 is 16.0 Å². The molecule has 140 valence electrons. The van der Waals surface area contributed by atoms with Crippen LogP contribution >= 0.6 is 0 Å². The van der Waals surface area contributed by atoms with Crippen molar-refractivity contribution in [3.63, 3.8) is 0 Å². The van der Waals surface area contributed by atoms with Gasteiger partial charge in [0.05, 0.1) is 26.4 Å². The van der Waals surface area contributed by atoms with Crippen LogP contribution in [0.4, 0.5) is 0 Å². The molecule has 2 rings (SSSR count). The van der Waals surface area contributed by atoms with E-state index < -0.39 is 16.0 Å². The Hall–Kier alpha value is -2.58. The average molecular weight is 379 g/mol. The van der Waals surface area contributed by atoms with Gasteiger partial charge < -0.3 is 14.6 Å². The van der Waals surface area contributed by atoms with Crippen LogP contribution in [-0.4, -0.2) is 33.7 Å². The molecule has 0 amide bonds. The summed E-state index contributed by atoms with van der Waals surface area (Å²) in [6, 6.07) is 11.6. The molecule has 2 aromatic rings. The summed E-state index contributed by atoms with van der Waals surface area (Å²) in [5, 5.41) is 8.75. The number of sulfonamides is 1. The van der Waals surface area contributed by atoms with Gasteiger partial charge >= 0.3 is 5.97 Å². The minimum Gasteiger partial charge on any atom is -0.497 e. The maximum absolute atomic E-state index is 12.3. The van der Waals surface area contributed by atoms with Gasteiger partial charge in [-0.1, -0.05) is 30.3 Å². The molecule has 0 radical (unpaired) electrons. The van der Waals surface area contributed by atoms with Crippen molar-refractivity contribution in [3.05, 3.63) is 59.2 Å². The summed E-state index contributed by atoms with van der Waals surface area (Å²) in [4.78, 5) is 10.7. The monoisotopic (exact) mass is 379 g/mol. The second kappa shape index (κ2) is 8.68. The molecule has 0 fully saturated rings. The first-order chi connectivity index (χ1) is 12.3. The summed E-state index contributed by atoms with van der Waals surface area (Å²) in [5.41, 5.74) is 1.89. The van der Waals surface area contributed by atoms with Gasteiger partial charge in [-0.15, -0.1) is 0 Å². The smallest absolute Gasteiger partial charge is 0.307 e. The number of methoxy groups -OCH3 is 2. The molecule has 0 atom stereocenters. The molecule has 2 N–H and O–H groups in total. The minimum atomic E-state index is -3.56. The van der Waals surface area contributed by atoms with Gasteiger partial charge in [-0.05, 0) is 17.2 Å². The van der Waals surface area contributed by atoms with Crippen LogP contribution in [0.5, 0.6) is 11.5 Å². The molecule has 0 aliphatic carbocycles. The molecule has 0 aromatic heterocycles. The fourth-order valence-corrected chi connectivity index (χ4v) is 3.49. The lowest BCUT2D eigenvalue weighted by Crippen LogP contribution is -2.25. The van der Waals surface area contributed by atoms with E-state index in [-0.39, 0.29) is 18.7 Å². The topological polar surface area (TPSA) is 102 Å². The van der Waals surface area contributed by atoms with Gasteiger partial charge in [0.25, 0.3) is 0 Å². The van der Waals surface area contributed by atoms with Gasteiger partial charge in [0, 0.05) is 18.2 Å². The van der Waals surface area contributed by atoms with E-state index in [4.69, 9.17) is 14.6 Å². The van der Waals surface area contributed by atoms with E-state index >= 15 is 0 Å². The maximum atomic E-state index is 12.3. The Balaban J connectivity index is 2.02. The zero-order valence-corrected chi connectivity index (χ0v) is 15.4. The first-order valence-corrected chi connectivity index (χ1v) is 9.46. The second-order valence-corrected chi connectivity index (χ2v) is 7.45. The number of carboxylic acids is 1. The van der Waals surface area contributed by atoms with Crippen LogP contribution < -0.4 is 14.2 Å². The lowest BCUT2D eigenvalue weighted by atomic mass is 10.1. The Bertz CT molecular complexity index is 862. The third kappa shape index (κ3) is 5.75. The molecule has 0 bridgehead atoms. The molecule has 0 saturated heterocycles. The second-order valence-electron chi connectivity index (χ2n) is 5.64. The summed E-state index contributed by atoms with van der Waals surface area (Å²) in [5.74, 6) is 0.0270. The van der Waals surface area contributed by atoms with Gasteiger partial charge in [-0.3, -0.25) is 4.79 Å². The zero-order valence-electron chi connectivity index (χ0n) is 14.6. The molecule has 0 aliphatic rings. The summed E-state index contributed by atoms with van der Waals surface area (Å²) in [6.45, 7) is 0.0899. The summed E-state index contributed by atoms with van der Waals surface area (Å²) < 4.78 is 37.5. The number of ether oxygens (including phenoxy) is 2. The molecule has 0 unspecified atom stereocenters. The Kier molecular flexibility index (Phi) is 6.59. The highest BCUT2D eigenvalue weighted by Crippen LogP contribution is 2.24. The number of benzene rings is 2. The van der Waals surface area contributed by atoms with Crippen molar-refractivity contribution in [2.75, 3.05) is 14.2 Å². The van der Waals surface area contributed by atoms with E-state index in [9.17, 15) is 13.2 Å². The van der Waals surface area contributed by atoms with E-state index in [2.05, 4.69) is 4.72 Å². The first kappa shape index (κ1) is 19.7. The van der Waals surface area contributed by atoms with Crippen LogP contribution in [0, 0.1) is 0 Å². The molecule has 8 heteroatoms. The molecule has 2 aromatic carbocycles. The van der Waals surface area contributed by atoms with E-state index in [1.807, 2.05) is 0 Å². The van der Waals surface area contributed by atoms with Crippen molar-refractivity contribution in [2.45, 2.75) is 18.7 Å². The van der Waals surface area contributed by atoms with E-state index in [1.165, 1.54) is 7.11 Å². The lowest BCUT2D eigenvalue weighted by Gasteiger charge is -2.12. The molecular weight excluding hydrogens is 358 g/mol. The average Bonchev–Trinajstić information content (AvgIpc) is 2.61. The van der Waals surface area contributed by atoms with Crippen LogP contribution in [0.3, 0.4) is 0 Å². The minimum absolute atomic E-state index is 0.0899. The fourth-order valence-electron chi connectivity index (χ4n) is 2.38. The molecule has 0 saturated carbocycles. The number of carbonyl (C=O) groups is 1. The highest BCUT2D eigenvalue weighted by Gasteiger charge is 2.14. The van der Waals surface area contributed by atoms with Crippen molar-refractivity contribution in [1.29, 1.82) is 0 Å². The van der Waals surface area contributed by atoms with E-state index in [1.54, 1.807) is 49.6 Å². The van der Waals surface area contributed by atoms with Crippen molar-refractivity contribution in [2.24, 2.45) is 0 Å². The normalized spacial score (nSPS) is 11.2. The highest BCUT2D eigenvalue weighted by atomic mass is 32.2.